The quantitative estimate of drug-likeness (QED) is 0.302. The van der Waals surface area contributed by atoms with Crippen LogP contribution in [0.2, 0.25) is 0 Å². The van der Waals surface area contributed by atoms with Crippen LogP contribution in [0, 0.1) is 0 Å². The van der Waals surface area contributed by atoms with E-state index in [9.17, 15) is 0 Å². The third-order valence-electron chi connectivity index (χ3n) is 4.84. The maximum absolute atomic E-state index is 5.41. The Kier molecular flexibility index (Phi) is 4.52. The lowest BCUT2D eigenvalue weighted by atomic mass is 10.1. The molecular weight excluding hydrogens is 402 g/mol. The van der Waals surface area contributed by atoms with Crippen molar-refractivity contribution in [2.45, 2.75) is 10.3 Å². The molecule has 6 nitrogen and oxygen atoms in total. The molecule has 29 heavy (non-hydrogen) atoms. The van der Waals surface area contributed by atoms with Gasteiger partial charge in [0.05, 0.1) is 23.8 Å². The van der Waals surface area contributed by atoms with E-state index in [-0.39, 0.29) is 0 Å². The first kappa shape index (κ1) is 18.2. The minimum Gasteiger partial charge on any atom is -0.497 e. The number of rotatable bonds is 4. The lowest BCUT2D eigenvalue weighted by molar-refractivity contribution is 0.415. The van der Waals surface area contributed by atoms with Crippen LogP contribution in [0.4, 0.5) is 0 Å². The van der Waals surface area contributed by atoms with Crippen LogP contribution < -0.4 is 4.74 Å². The molecule has 0 amide bonds. The Morgan fingerprint density at radius 3 is 2.59 bits per heavy atom. The Morgan fingerprint density at radius 2 is 1.79 bits per heavy atom. The van der Waals surface area contributed by atoms with Crippen molar-refractivity contribution in [1.29, 1.82) is 0 Å². The van der Waals surface area contributed by atoms with E-state index in [1.165, 1.54) is 11.8 Å². The highest BCUT2D eigenvalue weighted by Crippen LogP contribution is 2.37. The van der Waals surface area contributed by atoms with Crippen molar-refractivity contribution in [3.63, 3.8) is 0 Å². The van der Waals surface area contributed by atoms with Gasteiger partial charge < -0.3 is 4.74 Å². The fourth-order valence-electron chi connectivity index (χ4n) is 3.56. The molecule has 0 aliphatic rings. The largest absolute Gasteiger partial charge is 0.497 e. The molecule has 5 aromatic rings. The van der Waals surface area contributed by atoms with Crippen molar-refractivity contribution < 1.29 is 4.74 Å². The number of aromatic nitrogens is 5. The molecule has 5 rings (SSSR count). The third kappa shape index (κ3) is 2.90. The van der Waals surface area contributed by atoms with Crippen LogP contribution in [0.5, 0.6) is 5.75 Å². The Morgan fingerprint density at radius 1 is 0.931 bits per heavy atom. The van der Waals surface area contributed by atoms with Gasteiger partial charge in [0.2, 0.25) is 0 Å². The summed E-state index contributed by atoms with van der Waals surface area (Å²) in [6, 6.07) is 12.0. The van der Waals surface area contributed by atoms with E-state index >= 15 is 0 Å². The first-order valence-electron chi connectivity index (χ1n) is 8.93. The van der Waals surface area contributed by atoms with Gasteiger partial charge in [0, 0.05) is 28.7 Å². The number of thioether (sulfide) groups is 2. The summed E-state index contributed by atoms with van der Waals surface area (Å²) in [5, 5.41) is 3.68. The molecule has 0 aliphatic heterocycles. The maximum atomic E-state index is 5.41. The van der Waals surface area contributed by atoms with E-state index in [2.05, 4.69) is 20.4 Å². The summed E-state index contributed by atoms with van der Waals surface area (Å²) in [6.45, 7) is 0. The van der Waals surface area contributed by atoms with Crippen molar-refractivity contribution in [2.75, 3.05) is 19.6 Å². The first-order chi connectivity index (χ1) is 14.2. The monoisotopic (exact) mass is 419 g/mol. The van der Waals surface area contributed by atoms with E-state index in [0.717, 1.165) is 54.8 Å². The zero-order valence-corrected chi connectivity index (χ0v) is 17.7. The molecule has 0 aliphatic carbocycles. The van der Waals surface area contributed by atoms with Gasteiger partial charge >= 0.3 is 0 Å². The smallest absolute Gasteiger partial charge is 0.187 e. The number of fused-ring (bicyclic) bond motifs is 4. The molecule has 4 aromatic heterocycles. The Hall–Kier alpha value is -2.84. The highest BCUT2D eigenvalue weighted by atomic mass is 32.2. The molecule has 0 N–H and O–H groups in total. The van der Waals surface area contributed by atoms with Gasteiger partial charge in [-0.3, -0.25) is 4.40 Å². The van der Waals surface area contributed by atoms with Crippen LogP contribution in [0.1, 0.15) is 0 Å². The highest BCUT2D eigenvalue weighted by molar-refractivity contribution is 7.98. The molecule has 0 radical (unpaired) electrons. The summed E-state index contributed by atoms with van der Waals surface area (Å²) in [4.78, 5) is 18.6. The molecule has 0 saturated carbocycles. The number of hydrogen-bond acceptors (Lipinski definition) is 7. The summed E-state index contributed by atoms with van der Waals surface area (Å²) < 4.78 is 7.52. The predicted octanol–water partition coefficient (Wildman–Crippen LogP) is 4.95. The van der Waals surface area contributed by atoms with Crippen molar-refractivity contribution in [2.24, 2.45) is 0 Å². The van der Waals surface area contributed by atoms with Crippen LogP contribution in [0.15, 0.2) is 59.1 Å². The van der Waals surface area contributed by atoms with Crippen LogP contribution in [-0.4, -0.2) is 44.0 Å². The van der Waals surface area contributed by atoms with Gasteiger partial charge in [-0.1, -0.05) is 23.5 Å². The van der Waals surface area contributed by atoms with Crippen molar-refractivity contribution >= 4 is 51.0 Å². The summed E-state index contributed by atoms with van der Waals surface area (Å²) >= 11 is 3.12. The minimum absolute atomic E-state index is 0.740. The molecular formula is C21H17N5OS2. The number of pyridine rings is 1. The molecule has 4 heterocycles. The SMILES string of the molecule is COc1ccc2nc3c(cc2c1)c(-c1ccnc(SC)n1)c1ccnc(SC)n13. The van der Waals surface area contributed by atoms with Crippen molar-refractivity contribution in [3.8, 4) is 17.0 Å². The van der Waals surface area contributed by atoms with Crippen molar-refractivity contribution in [1.82, 2.24) is 24.3 Å². The topological polar surface area (TPSA) is 65.2 Å². The average molecular weight is 420 g/mol. The van der Waals surface area contributed by atoms with E-state index < -0.39 is 0 Å². The lowest BCUT2D eigenvalue weighted by Crippen LogP contribution is -1.94. The number of hydrogen-bond donors (Lipinski definition) is 0. The van der Waals surface area contributed by atoms with E-state index in [4.69, 9.17) is 14.7 Å². The number of methoxy groups -OCH3 is 1. The lowest BCUT2D eigenvalue weighted by Gasteiger charge is -2.04. The summed E-state index contributed by atoms with van der Waals surface area (Å²) in [5.74, 6) is 0.808. The van der Waals surface area contributed by atoms with Gasteiger partial charge in [-0.2, -0.15) is 0 Å². The highest BCUT2D eigenvalue weighted by Gasteiger charge is 2.19. The maximum Gasteiger partial charge on any atom is 0.187 e. The number of benzene rings is 1. The summed E-state index contributed by atoms with van der Waals surface area (Å²) in [7, 11) is 1.67. The normalized spacial score (nSPS) is 11.6. The van der Waals surface area contributed by atoms with E-state index in [0.29, 0.717) is 0 Å². The molecule has 0 spiro atoms. The summed E-state index contributed by atoms with van der Waals surface area (Å²) in [6.07, 6.45) is 7.64. The molecule has 0 unspecified atom stereocenters. The van der Waals surface area contributed by atoms with Gasteiger partial charge in [-0.25, -0.2) is 19.9 Å². The molecule has 144 valence electrons. The summed E-state index contributed by atoms with van der Waals surface area (Å²) in [5.41, 5.74) is 4.72. The second-order valence-corrected chi connectivity index (χ2v) is 7.92. The number of nitrogens with zero attached hydrogens (tertiary/aromatic N) is 5. The minimum atomic E-state index is 0.740. The van der Waals surface area contributed by atoms with Gasteiger partial charge in [0.15, 0.2) is 10.3 Å². The second-order valence-electron chi connectivity index (χ2n) is 6.37. The van der Waals surface area contributed by atoms with Gasteiger partial charge in [-0.15, -0.1) is 0 Å². The Balaban J connectivity index is 1.96. The molecule has 0 fully saturated rings. The van der Waals surface area contributed by atoms with E-state index in [1.807, 2.05) is 49.0 Å². The van der Waals surface area contributed by atoms with E-state index in [1.54, 1.807) is 25.1 Å². The molecule has 0 saturated heterocycles. The fourth-order valence-corrected chi connectivity index (χ4v) is 4.45. The zero-order chi connectivity index (χ0) is 20.0. The van der Waals surface area contributed by atoms with Crippen molar-refractivity contribution in [3.05, 3.63) is 48.8 Å². The molecule has 0 bridgehead atoms. The average Bonchev–Trinajstić information content (AvgIpc) is 3.10. The third-order valence-corrected chi connectivity index (χ3v) is 6.06. The molecule has 0 atom stereocenters. The van der Waals surface area contributed by atoms with Crippen LogP contribution in [-0.2, 0) is 0 Å². The standard InChI is InChI=1S/C21H17N5OS2/c1-27-13-4-5-15-12(10-13)11-14-18(16-6-8-22-20(25-16)28-2)17-7-9-23-21(29-3)26(17)19(14)24-15/h4-11H,1-3H3. The Labute approximate surface area is 175 Å². The molecule has 8 heteroatoms. The van der Waals surface area contributed by atoms with Crippen LogP contribution in [0.3, 0.4) is 0 Å². The van der Waals surface area contributed by atoms with Crippen LogP contribution in [0.25, 0.3) is 38.7 Å². The second kappa shape index (κ2) is 7.20. The fraction of sp³-hybridized carbons (Fsp3) is 0.143. The van der Waals surface area contributed by atoms with Gasteiger partial charge in [0.25, 0.3) is 0 Å². The number of ether oxygens (including phenoxy) is 1. The zero-order valence-electron chi connectivity index (χ0n) is 16.1. The van der Waals surface area contributed by atoms with Crippen LogP contribution >= 0.6 is 23.5 Å². The first-order valence-corrected chi connectivity index (χ1v) is 11.4. The van der Waals surface area contributed by atoms with Gasteiger partial charge in [-0.05, 0) is 48.9 Å². The Bertz CT molecular complexity index is 1380. The predicted molar refractivity (Wildman–Crippen MR) is 119 cm³/mol. The van der Waals surface area contributed by atoms with Gasteiger partial charge in [0.1, 0.15) is 11.4 Å². The molecule has 1 aromatic carbocycles.